The van der Waals surface area contributed by atoms with E-state index in [0.717, 1.165) is 57.9 Å². The molecule has 0 radical (unpaired) electrons. The summed E-state index contributed by atoms with van der Waals surface area (Å²) >= 11 is 0. The maximum Gasteiger partial charge on any atom is 0.302 e. The minimum absolute atomic E-state index is 0.0619. The lowest BCUT2D eigenvalue weighted by atomic mass is 9.46. The zero-order chi connectivity index (χ0) is 26.5. The maximum atomic E-state index is 12.8. The van der Waals surface area contributed by atoms with Gasteiger partial charge >= 0.3 is 5.97 Å². The molecule has 6 aliphatic rings. The van der Waals surface area contributed by atoms with E-state index in [0.29, 0.717) is 29.6 Å². The number of likely N-dealkylation sites (tertiary alicyclic amines) is 1. The second-order valence-electron chi connectivity index (χ2n) is 14.2. The molecule has 6 heteroatoms. The molecule has 0 bridgehead atoms. The standard InChI is InChI=1S/C31H47NO5/c1-17-7-12-31(32(16-17)19(3)33)18(2)28-26(37-31)15-24-27-23(9-11-30(24,28)6)29(5)10-8-22(36-20(4)34)13-21(29)14-25(27)35/h14,17-18,22-28,35H,7-13,15-16H2,1-6H3. The highest BCUT2D eigenvalue weighted by molar-refractivity contribution is 5.74. The number of carbonyl (C=O) groups excluding carboxylic acids is 2. The molecule has 2 heterocycles. The summed E-state index contributed by atoms with van der Waals surface area (Å²) < 4.78 is 12.6. The fourth-order valence-corrected chi connectivity index (χ4v) is 10.8. The summed E-state index contributed by atoms with van der Waals surface area (Å²) in [6.45, 7) is 13.5. The Kier molecular flexibility index (Phi) is 5.97. The lowest BCUT2D eigenvalue weighted by molar-refractivity contribution is -0.201. The molecule has 1 amide bonds. The van der Waals surface area contributed by atoms with Gasteiger partial charge in [-0.25, -0.2) is 0 Å². The highest BCUT2D eigenvalue weighted by atomic mass is 16.5. The molecule has 37 heavy (non-hydrogen) atoms. The third-order valence-electron chi connectivity index (χ3n) is 12.4. The van der Waals surface area contributed by atoms with E-state index in [4.69, 9.17) is 9.47 Å². The smallest absolute Gasteiger partial charge is 0.302 e. The van der Waals surface area contributed by atoms with Gasteiger partial charge in [0.25, 0.3) is 0 Å². The topological polar surface area (TPSA) is 76.1 Å². The third-order valence-corrected chi connectivity index (χ3v) is 12.4. The zero-order valence-electron chi connectivity index (χ0n) is 23.7. The molecule has 2 saturated heterocycles. The molecule has 5 fully saturated rings. The number of fused-ring (bicyclic) bond motifs is 7. The van der Waals surface area contributed by atoms with Crippen LogP contribution >= 0.6 is 0 Å². The van der Waals surface area contributed by atoms with Crippen molar-refractivity contribution in [1.82, 2.24) is 4.90 Å². The molecule has 6 nitrogen and oxygen atoms in total. The van der Waals surface area contributed by atoms with Crippen LogP contribution in [0.25, 0.3) is 0 Å². The molecule has 206 valence electrons. The van der Waals surface area contributed by atoms with Crippen molar-refractivity contribution in [3.8, 4) is 0 Å². The Bertz CT molecular complexity index is 1010. The summed E-state index contributed by atoms with van der Waals surface area (Å²) in [5.41, 5.74) is 1.02. The molecule has 12 unspecified atom stereocenters. The number of amides is 1. The molecule has 2 aliphatic heterocycles. The van der Waals surface area contributed by atoms with Crippen LogP contribution in [0.2, 0.25) is 0 Å². The fourth-order valence-electron chi connectivity index (χ4n) is 10.8. The SMILES string of the molecule is CC(=O)OC1CCC2(C)C(=CC(O)C3C2CCC2(C)C3CC3OC4(CCC(C)CN4C(C)=O)C(C)C32)C1. The fraction of sp³-hybridized carbons (Fsp3) is 0.871. The predicted molar refractivity (Wildman–Crippen MR) is 140 cm³/mol. The van der Waals surface area contributed by atoms with Gasteiger partial charge in [-0.1, -0.05) is 39.3 Å². The van der Waals surface area contributed by atoms with Crippen LogP contribution in [0.3, 0.4) is 0 Å². The number of esters is 1. The molecular weight excluding hydrogens is 466 g/mol. The molecule has 0 aromatic rings. The monoisotopic (exact) mass is 513 g/mol. The van der Waals surface area contributed by atoms with Crippen LogP contribution in [0.1, 0.15) is 92.9 Å². The van der Waals surface area contributed by atoms with E-state index in [2.05, 4.69) is 38.7 Å². The minimum atomic E-state index is -0.460. The normalized spacial score (nSPS) is 52.6. The number of piperidine rings is 1. The van der Waals surface area contributed by atoms with Gasteiger partial charge in [0.15, 0.2) is 0 Å². The van der Waals surface area contributed by atoms with Crippen molar-refractivity contribution in [3.63, 3.8) is 0 Å². The van der Waals surface area contributed by atoms with Crippen molar-refractivity contribution < 1.29 is 24.2 Å². The second kappa shape index (κ2) is 8.55. The van der Waals surface area contributed by atoms with E-state index >= 15 is 0 Å². The molecule has 6 rings (SSSR count). The Morgan fingerprint density at radius 1 is 1.08 bits per heavy atom. The summed E-state index contributed by atoms with van der Waals surface area (Å²) in [7, 11) is 0. The summed E-state index contributed by atoms with van der Waals surface area (Å²) in [4.78, 5) is 26.5. The summed E-state index contributed by atoms with van der Waals surface area (Å²) in [5.74, 6) is 2.26. The zero-order valence-corrected chi connectivity index (χ0v) is 23.7. The first-order chi connectivity index (χ1) is 17.4. The van der Waals surface area contributed by atoms with Crippen LogP contribution in [0.15, 0.2) is 11.6 Å². The van der Waals surface area contributed by atoms with Gasteiger partial charge in [-0.05, 0) is 85.4 Å². The van der Waals surface area contributed by atoms with E-state index in [1.165, 1.54) is 12.5 Å². The number of rotatable bonds is 1. The molecule has 1 spiro atoms. The van der Waals surface area contributed by atoms with Crippen molar-refractivity contribution in [2.75, 3.05) is 6.54 Å². The van der Waals surface area contributed by atoms with E-state index in [9.17, 15) is 14.7 Å². The van der Waals surface area contributed by atoms with E-state index < -0.39 is 11.8 Å². The summed E-state index contributed by atoms with van der Waals surface area (Å²) in [6, 6.07) is 0. The third kappa shape index (κ3) is 3.56. The Morgan fingerprint density at radius 2 is 1.84 bits per heavy atom. The molecule has 12 atom stereocenters. The number of aliphatic hydroxyl groups is 1. The first-order valence-corrected chi connectivity index (χ1v) is 14.9. The van der Waals surface area contributed by atoms with Gasteiger partial charge in [0, 0.05) is 32.7 Å². The Morgan fingerprint density at radius 3 is 2.54 bits per heavy atom. The molecular formula is C31H47NO5. The molecule has 3 saturated carbocycles. The lowest BCUT2D eigenvalue weighted by Crippen LogP contribution is -2.60. The highest BCUT2D eigenvalue weighted by Gasteiger charge is 2.70. The minimum Gasteiger partial charge on any atom is -0.462 e. The Balaban J connectivity index is 1.29. The van der Waals surface area contributed by atoms with Crippen molar-refractivity contribution in [3.05, 3.63) is 11.6 Å². The number of carbonyl (C=O) groups is 2. The van der Waals surface area contributed by atoms with Gasteiger partial charge in [0.2, 0.25) is 5.91 Å². The number of ether oxygens (including phenoxy) is 2. The van der Waals surface area contributed by atoms with Crippen molar-refractivity contribution in [2.24, 2.45) is 46.3 Å². The van der Waals surface area contributed by atoms with Gasteiger partial charge in [-0.3, -0.25) is 9.59 Å². The predicted octanol–water partition coefficient (Wildman–Crippen LogP) is 5.09. The Hall–Kier alpha value is -1.40. The largest absolute Gasteiger partial charge is 0.462 e. The average Bonchev–Trinajstić information content (AvgIpc) is 3.26. The average molecular weight is 514 g/mol. The number of hydrogen-bond donors (Lipinski definition) is 1. The van der Waals surface area contributed by atoms with Crippen LogP contribution in [0.5, 0.6) is 0 Å². The number of nitrogens with zero attached hydrogens (tertiary/aromatic N) is 1. The van der Waals surface area contributed by atoms with Crippen LogP contribution in [0.4, 0.5) is 0 Å². The van der Waals surface area contributed by atoms with Crippen LogP contribution in [0, 0.1) is 46.3 Å². The molecule has 0 aromatic heterocycles. The quantitative estimate of drug-likeness (QED) is 0.391. The van der Waals surface area contributed by atoms with Gasteiger partial charge in [0.1, 0.15) is 11.8 Å². The van der Waals surface area contributed by atoms with E-state index in [-0.39, 0.29) is 40.8 Å². The number of aliphatic hydroxyl groups excluding tert-OH is 1. The first kappa shape index (κ1) is 25.9. The molecule has 1 N–H and O–H groups in total. The molecule has 0 aromatic carbocycles. The lowest BCUT2D eigenvalue weighted by Gasteiger charge is -2.60. The van der Waals surface area contributed by atoms with Gasteiger partial charge in [0.05, 0.1) is 12.2 Å². The van der Waals surface area contributed by atoms with Crippen molar-refractivity contribution in [2.45, 2.75) is 117 Å². The maximum absolute atomic E-state index is 12.8. The van der Waals surface area contributed by atoms with E-state index in [1.807, 2.05) is 0 Å². The molecule has 4 aliphatic carbocycles. The summed E-state index contributed by atoms with van der Waals surface area (Å²) in [6.07, 6.45) is 9.77. The van der Waals surface area contributed by atoms with Gasteiger partial charge in [-0.15, -0.1) is 0 Å². The van der Waals surface area contributed by atoms with Gasteiger partial charge in [-0.2, -0.15) is 0 Å². The first-order valence-electron chi connectivity index (χ1n) is 14.9. The van der Waals surface area contributed by atoms with Crippen LogP contribution < -0.4 is 0 Å². The van der Waals surface area contributed by atoms with Crippen LogP contribution in [-0.2, 0) is 19.1 Å². The van der Waals surface area contributed by atoms with E-state index in [1.54, 1.807) is 6.92 Å². The van der Waals surface area contributed by atoms with Crippen LogP contribution in [-0.4, -0.2) is 52.5 Å². The van der Waals surface area contributed by atoms with Crippen molar-refractivity contribution >= 4 is 11.9 Å². The highest BCUT2D eigenvalue weighted by Crippen LogP contribution is 2.70. The Labute approximate surface area is 222 Å². The number of hydrogen-bond acceptors (Lipinski definition) is 5. The van der Waals surface area contributed by atoms with Crippen molar-refractivity contribution in [1.29, 1.82) is 0 Å². The van der Waals surface area contributed by atoms with Gasteiger partial charge < -0.3 is 19.5 Å². The summed E-state index contributed by atoms with van der Waals surface area (Å²) in [5, 5.41) is 11.6. The second-order valence-corrected chi connectivity index (χ2v) is 14.2.